The zero-order valence-corrected chi connectivity index (χ0v) is 10.2. The fraction of sp³-hybridized carbons (Fsp3) is 0.923. The van der Waals surface area contributed by atoms with Gasteiger partial charge in [0.15, 0.2) is 6.29 Å². The second kappa shape index (κ2) is 4.67. The van der Waals surface area contributed by atoms with Crippen molar-refractivity contribution < 1.29 is 19.0 Å². The van der Waals surface area contributed by atoms with E-state index in [1.807, 2.05) is 0 Å². The van der Waals surface area contributed by atoms with Crippen molar-refractivity contribution in [3.05, 3.63) is 0 Å². The summed E-state index contributed by atoms with van der Waals surface area (Å²) in [5, 5.41) is 0. The van der Waals surface area contributed by atoms with E-state index < -0.39 is 0 Å². The SMILES string of the molecule is O=C(CC1OCCO1)C1CCOC2(CCC2)C1. The molecule has 0 bridgehead atoms. The van der Waals surface area contributed by atoms with Crippen molar-refractivity contribution in [3.8, 4) is 0 Å². The van der Waals surface area contributed by atoms with Crippen LogP contribution in [0.3, 0.4) is 0 Å². The van der Waals surface area contributed by atoms with E-state index in [9.17, 15) is 4.79 Å². The zero-order chi connectivity index (χ0) is 11.7. The molecule has 1 spiro atoms. The lowest BCUT2D eigenvalue weighted by atomic mass is 9.71. The summed E-state index contributed by atoms with van der Waals surface area (Å²) < 4.78 is 16.5. The molecule has 96 valence electrons. The van der Waals surface area contributed by atoms with Crippen LogP contribution < -0.4 is 0 Å². The van der Waals surface area contributed by atoms with Crippen LogP contribution in [0.2, 0.25) is 0 Å². The Balaban J connectivity index is 1.53. The van der Waals surface area contributed by atoms with Gasteiger partial charge >= 0.3 is 0 Å². The first-order chi connectivity index (χ1) is 8.27. The summed E-state index contributed by atoms with van der Waals surface area (Å²) in [5.74, 6) is 0.461. The molecule has 2 heterocycles. The Hall–Kier alpha value is -0.450. The molecule has 0 aromatic heterocycles. The number of carbonyl (C=O) groups excluding carboxylic acids is 1. The molecule has 1 unspecified atom stereocenters. The van der Waals surface area contributed by atoms with Gasteiger partial charge in [-0.2, -0.15) is 0 Å². The van der Waals surface area contributed by atoms with E-state index in [1.165, 1.54) is 6.42 Å². The largest absolute Gasteiger partial charge is 0.375 e. The molecule has 0 radical (unpaired) electrons. The van der Waals surface area contributed by atoms with Gasteiger partial charge in [-0.05, 0) is 32.1 Å². The van der Waals surface area contributed by atoms with Crippen LogP contribution >= 0.6 is 0 Å². The van der Waals surface area contributed by atoms with E-state index in [1.54, 1.807) is 0 Å². The molecule has 0 N–H and O–H groups in total. The molecule has 2 saturated heterocycles. The lowest BCUT2D eigenvalue weighted by molar-refractivity contribution is -0.159. The van der Waals surface area contributed by atoms with Crippen molar-refractivity contribution in [1.82, 2.24) is 0 Å². The highest BCUT2D eigenvalue weighted by atomic mass is 16.7. The van der Waals surface area contributed by atoms with Gasteiger partial charge in [-0.25, -0.2) is 0 Å². The van der Waals surface area contributed by atoms with Crippen LogP contribution in [-0.4, -0.2) is 37.5 Å². The van der Waals surface area contributed by atoms with Gasteiger partial charge in [0.25, 0.3) is 0 Å². The van der Waals surface area contributed by atoms with Gasteiger partial charge in [0.2, 0.25) is 0 Å². The molecular formula is C13H20O4. The fourth-order valence-corrected chi connectivity index (χ4v) is 3.08. The van der Waals surface area contributed by atoms with Crippen molar-refractivity contribution >= 4 is 5.78 Å². The van der Waals surface area contributed by atoms with E-state index in [4.69, 9.17) is 14.2 Å². The smallest absolute Gasteiger partial charge is 0.164 e. The molecule has 4 heteroatoms. The Morgan fingerprint density at radius 3 is 2.59 bits per heavy atom. The van der Waals surface area contributed by atoms with Crippen molar-refractivity contribution in [1.29, 1.82) is 0 Å². The Morgan fingerprint density at radius 1 is 1.18 bits per heavy atom. The van der Waals surface area contributed by atoms with Crippen LogP contribution in [0.5, 0.6) is 0 Å². The second-order valence-corrected chi connectivity index (χ2v) is 5.42. The van der Waals surface area contributed by atoms with Gasteiger partial charge in [0.05, 0.1) is 25.2 Å². The average Bonchev–Trinajstić information content (AvgIpc) is 2.80. The number of ether oxygens (including phenoxy) is 3. The van der Waals surface area contributed by atoms with Crippen molar-refractivity contribution in [3.63, 3.8) is 0 Å². The second-order valence-electron chi connectivity index (χ2n) is 5.42. The van der Waals surface area contributed by atoms with E-state index >= 15 is 0 Å². The minimum atomic E-state index is -0.289. The van der Waals surface area contributed by atoms with Gasteiger partial charge in [-0.15, -0.1) is 0 Å². The molecule has 1 aliphatic carbocycles. The van der Waals surface area contributed by atoms with Crippen LogP contribution in [0.15, 0.2) is 0 Å². The van der Waals surface area contributed by atoms with E-state index in [-0.39, 0.29) is 17.8 Å². The van der Waals surface area contributed by atoms with E-state index in [0.29, 0.717) is 25.4 Å². The standard InChI is InChI=1S/C13H20O4/c14-11(8-12-15-6-7-16-12)10-2-5-17-13(9-10)3-1-4-13/h10,12H,1-9H2. The first-order valence-electron chi connectivity index (χ1n) is 6.67. The predicted octanol–water partition coefficient (Wildman–Crippen LogP) is 1.67. The first-order valence-corrected chi connectivity index (χ1v) is 6.67. The minimum absolute atomic E-state index is 0.0516. The van der Waals surface area contributed by atoms with Crippen molar-refractivity contribution in [2.75, 3.05) is 19.8 Å². The predicted molar refractivity (Wildman–Crippen MR) is 60.6 cm³/mol. The number of hydrogen-bond donors (Lipinski definition) is 0. The Morgan fingerprint density at radius 2 is 1.94 bits per heavy atom. The molecule has 1 saturated carbocycles. The van der Waals surface area contributed by atoms with Crippen LogP contribution in [0.25, 0.3) is 0 Å². The van der Waals surface area contributed by atoms with Gasteiger partial charge in [0, 0.05) is 12.5 Å². The highest BCUT2D eigenvalue weighted by molar-refractivity contribution is 5.81. The maximum atomic E-state index is 12.2. The fourth-order valence-electron chi connectivity index (χ4n) is 3.08. The molecule has 0 aromatic carbocycles. The third-order valence-corrected chi connectivity index (χ3v) is 4.27. The topological polar surface area (TPSA) is 44.8 Å². The summed E-state index contributed by atoms with van der Waals surface area (Å²) in [4.78, 5) is 12.2. The maximum Gasteiger partial charge on any atom is 0.164 e. The number of Topliss-reactive ketones (excluding diaryl/α,β-unsaturated/α-hetero) is 1. The summed E-state index contributed by atoms with van der Waals surface area (Å²) in [5.41, 5.74) is 0.0516. The summed E-state index contributed by atoms with van der Waals surface area (Å²) in [6.07, 6.45) is 5.42. The molecule has 3 aliphatic rings. The zero-order valence-electron chi connectivity index (χ0n) is 10.2. The highest BCUT2D eigenvalue weighted by Crippen LogP contribution is 2.44. The summed E-state index contributed by atoms with van der Waals surface area (Å²) in [6.45, 7) is 1.98. The molecular weight excluding hydrogens is 220 g/mol. The van der Waals surface area contributed by atoms with Crippen LogP contribution in [-0.2, 0) is 19.0 Å². The summed E-state index contributed by atoms with van der Waals surface area (Å²) in [7, 11) is 0. The Kier molecular flexibility index (Phi) is 3.19. The first kappa shape index (κ1) is 11.6. The lowest BCUT2D eigenvalue weighted by Crippen LogP contribution is -2.47. The monoisotopic (exact) mass is 240 g/mol. The molecule has 4 nitrogen and oxygen atoms in total. The molecule has 3 rings (SSSR count). The van der Waals surface area contributed by atoms with E-state index in [2.05, 4.69) is 0 Å². The summed E-state index contributed by atoms with van der Waals surface area (Å²) in [6, 6.07) is 0. The average molecular weight is 240 g/mol. The Bertz CT molecular complexity index is 292. The number of rotatable bonds is 3. The molecule has 1 atom stereocenters. The summed E-state index contributed by atoms with van der Waals surface area (Å²) >= 11 is 0. The van der Waals surface area contributed by atoms with Gasteiger partial charge in [-0.3, -0.25) is 4.79 Å². The number of ketones is 1. The van der Waals surface area contributed by atoms with E-state index in [0.717, 1.165) is 32.3 Å². The maximum absolute atomic E-state index is 12.2. The molecule has 0 amide bonds. The molecule has 0 aromatic rings. The Labute approximate surface area is 102 Å². The normalized spacial score (nSPS) is 32.6. The van der Waals surface area contributed by atoms with Crippen LogP contribution in [0.1, 0.15) is 38.5 Å². The van der Waals surface area contributed by atoms with Crippen LogP contribution in [0, 0.1) is 5.92 Å². The molecule has 17 heavy (non-hydrogen) atoms. The minimum Gasteiger partial charge on any atom is -0.375 e. The molecule has 3 fully saturated rings. The third-order valence-electron chi connectivity index (χ3n) is 4.27. The number of carbonyl (C=O) groups is 1. The third kappa shape index (κ3) is 2.39. The highest BCUT2D eigenvalue weighted by Gasteiger charge is 2.44. The van der Waals surface area contributed by atoms with Gasteiger partial charge in [-0.1, -0.05) is 0 Å². The van der Waals surface area contributed by atoms with Gasteiger partial charge in [0.1, 0.15) is 5.78 Å². The quantitative estimate of drug-likeness (QED) is 0.752. The lowest BCUT2D eigenvalue weighted by Gasteiger charge is -2.46. The van der Waals surface area contributed by atoms with Crippen molar-refractivity contribution in [2.45, 2.75) is 50.4 Å². The molecule has 2 aliphatic heterocycles. The van der Waals surface area contributed by atoms with Crippen LogP contribution in [0.4, 0.5) is 0 Å². The van der Waals surface area contributed by atoms with Gasteiger partial charge < -0.3 is 14.2 Å². The van der Waals surface area contributed by atoms with Crippen molar-refractivity contribution in [2.24, 2.45) is 5.92 Å². The number of hydrogen-bond acceptors (Lipinski definition) is 4.